The Balaban J connectivity index is 2.47. The topological polar surface area (TPSA) is 54.7 Å². The molecular formula is C11H13N3. The molecule has 3 N–H and O–H groups in total. The van der Waals surface area contributed by atoms with Crippen LogP contribution < -0.4 is 5.73 Å². The maximum Gasteiger partial charge on any atom is 0.137 e. The molecule has 0 spiro atoms. The van der Waals surface area contributed by atoms with E-state index in [1.54, 1.807) is 6.20 Å². The minimum absolute atomic E-state index is 0.00505. The average molecular weight is 187 g/mol. The SMILES string of the molecule is C=CC[C@H](N)c1c[nH]c2ncccc12. The van der Waals surface area contributed by atoms with Crippen LogP contribution in [0.2, 0.25) is 0 Å². The zero-order valence-electron chi connectivity index (χ0n) is 7.90. The molecule has 0 aliphatic heterocycles. The predicted molar refractivity (Wildman–Crippen MR) is 57.8 cm³/mol. The highest BCUT2D eigenvalue weighted by molar-refractivity contribution is 5.79. The van der Waals surface area contributed by atoms with Crippen molar-refractivity contribution < 1.29 is 0 Å². The number of nitrogens with two attached hydrogens (primary N) is 1. The molecule has 0 amide bonds. The van der Waals surface area contributed by atoms with Gasteiger partial charge in [-0.25, -0.2) is 4.98 Å². The number of fused-ring (bicyclic) bond motifs is 1. The van der Waals surface area contributed by atoms with Gasteiger partial charge in [-0.2, -0.15) is 0 Å². The Kier molecular flexibility index (Phi) is 2.33. The first-order valence-electron chi connectivity index (χ1n) is 4.61. The number of nitrogens with one attached hydrogen (secondary N) is 1. The first-order chi connectivity index (χ1) is 6.83. The molecule has 0 saturated carbocycles. The largest absolute Gasteiger partial charge is 0.346 e. The molecule has 0 aromatic carbocycles. The number of nitrogens with zero attached hydrogens (tertiary/aromatic N) is 1. The Hall–Kier alpha value is -1.61. The van der Waals surface area contributed by atoms with E-state index in [1.807, 2.05) is 24.4 Å². The van der Waals surface area contributed by atoms with Crippen molar-refractivity contribution in [3.63, 3.8) is 0 Å². The summed E-state index contributed by atoms with van der Waals surface area (Å²) in [6, 6.07) is 3.95. The van der Waals surface area contributed by atoms with E-state index in [4.69, 9.17) is 5.73 Å². The van der Waals surface area contributed by atoms with E-state index in [0.29, 0.717) is 0 Å². The molecule has 0 aliphatic rings. The monoisotopic (exact) mass is 187 g/mol. The Labute approximate surface area is 82.7 Å². The van der Waals surface area contributed by atoms with Crippen LogP contribution in [-0.4, -0.2) is 9.97 Å². The van der Waals surface area contributed by atoms with Gasteiger partial charge in [0.05, 0.1) is 0 Å². The van der Waals surface area contributed by atoms with Gasteiger partial charge in [-0.1, -0.05) is 6.08 Å². The third kappa shape index (κ3) is 1.42. The Morgan fingerprint density at radius 1 is 1.64 bits per heavy atom. The van der Waals surface area contributed by atoms with Crippen molar-refractivity contribution in [1.82, 2.24) is 9.97 Å². The lowest BCUT2D eigenvalue weighted by atomic mass is 10.1. The summed E-state index contributed by atoms with van der Waals surface area (Å²) in [5.74, 6) is 0. The third-order valence-electron chi connectivity index (χ3n) is 2.30. The van der Waals surface area contributed by atoms with Crippen LogP contribution in [0, 0.1) is 0 Å². The van der Waals surface area contributed by atoms with Crippen molar-refractivity contribution in [3.05, 3.63) is 42.7 Å². The molecular weight excluding hydrogens is 174 g/mol. The van der Waals surface area contributed by atoms with Crippen LogP contribution in [0.3, 0.4) is 0 Å². The molecule has 0 unspecified atom stereocenters. The number of aromatic amines is 1. The summed E-state index contributed by atoms with van der Waals surface area (Å²) in [6.07, 6.45) is 6.30. The molecule has 2 heterocycles. The van der Waals surface area contributed by atoms with Crippen molar-refractivity contribution in [3.8, 4) is 0 Å². The first kappa shape index (κ1) is 8.97. The van der Waals surface area contributed by atoms with Gasteiger partial charge in [0, 0.05) is 23.8 Å². The number of aromatic nitrogens is 2. The predicted octanol–water partition coefficient (Wildman–Crippen LogP) is 2.14. The minimum atomic E-state index is 0.00505. The van der Waals surface area contributed by atoms with Crippen molar-refractivity contribution in [2.75, 3.05) is 0 Å². The zero-order valence-corrected chi connectivity index (χ0v) is 7.90. The second-order valence-corrected chi connectivity index (χ2v) is 3.27. The van der Waals surface area contributed by atoms with E-state index in [0.717, 1.165) is 23.0 Å². The van der Waals surface area contributed by atoms with Crippen LogP contribution in [0.15, 0.2) is 37.2 Å². The van der Waals surface area contributed by atoms with Gasteiger partial charge in [0.1, 0.15) is 5.65 Å². The number of hydrogen-bond acceptors (Lipinski definition) is 2. The van der Waals surface area contributed by atoms with Gasteiger partial charge in [-0.3, -0.25) is 0 Å². The van der Waals surface area contributed by atoms with Gasteiger partial charge >= 0.3 is 0 Å². The summed E-state index contributed by atoms with van der Waals surface area (Å²) < 4.78 is 0. The standard InChI is InChI=1S/C11H13N3/c1-2-4-10(12)9-7-14-11-8(9)5-3-6-13-11/h2-3,5-7,10H,1,4,12H2,(H,13,14)/t10-/m0/s1. The summed E-state index contributed by atoms with van der Waals surface area (Å²) in [5, 5.41) is 1.10. The lowest BCUT2D eigenvalue weighted by molar-refractivity contribution is 0.748. The molecule has 14 heavy (non-hydrogen) atoms. The zero-order chi connectivity index (χ0) is 9.97. The van der Waals surface area contributed by atoms with Crippen molar-refractivity contribution in [2.45, 2.75) is 12.5 Å². The van der Waals surface area contributed by atoms with Gasteiger partial charge < -0.3 is 10.7 Å². The molecule has 72 valence electrons. The fourth-order valence-electron chi connectivity index (χ4n) is 1.59. The van der Waals surface area contributed by atoms with Crippen molar-refractivity contribution in [1.29, 1.82) is 0 Å². The van der Waals surface area contributed by atoms with E-state index < -0.39 is 0 Å². The molecule has 0 saturated heterocycles. The second-order valence-electron chi connectivity index (χ2n) is 3.27. The van der Waals surface area contributed by atoms with Crippen molar-refractivity contribution in [2.24, 2.45) is 5.73 Å². The average Bonchev–Trinajstić information content (AvgIpc) is 2.61. The van der Waals surface area contributed by atoms with E-state index in [-0.39, 0.29) is 6.04 Å². The molecule has 3 heteroatoms. The number of H-pyrrole nitrogens is 1. The summed E-state index contributed by atoms with van der Waals surface area (Å²) in [7, 11) is 0. The van der Waals surface area contributed by atoms with Crippen LogP contribution in [0.5, 0.6) is 0 Å². The molecule has 2 aromatic rings. The van der Waals surface area contributed by atoms with E-state index in [1.165, 1.54) is 0 Å². The summed E-state index contributed by atoms with van der Waals surface area (Å²) in [5.41, 5.74) is 7.99. The smallest absolute Gasteiger partial charge is 0.137 e. The van der Waals surface area contributed by atoms with Crippen LogP contribution in [0.4, 0.5) is 0 Å². The lowest BCUT2D eigenvalue weighted by Crippen LogP contribution is -2.08. The molecule has 2 rings (SSSR count). The van der Waals surface area contributed by atoms with E-state index >= 15 is 0 Å². The van der Waals surface area contributed by atoms with E-state index in [9.17, 15) is 0 Å². The minimum Gasteiger partial charge on any atom is -0.346 e. The van der Waals surface area contributed by atoms with Crippen LogP contribution >= 0.6 is 0 Å². The molecule has 1 atom stereocenters. The molecule has 0 bridgehead atoms. The second kappa shape index (κ2) is 3.64. The summed E-state index contributed by atoms with van der Waals surface area (Å²) in [6.45, 7) is 3.68. The summed E-state index contributed by atoms with van der Waals surface area (Å²) in [4.78, 5) is 7.31. The van der Waals surface area contributed by atoms with Crippen LogP contribution in [-0.2, 0) is 0 Å². The van der Waals surface area contributed by atoms with Crippen molar-refractivity contribution >= 4 is 11.0 Å². The fourth-order valence-corrected chi connectivity index (χ4v) is 1.59. The van der Waals surface area contributed by atoms with Crippen LogP contribution in [0.1, 0.15) is 18.0 Å². The van der Waals surface area contributed by atoms with Gasteiger partial charge in [0.25, 0.3) is 0 Å². The molecule has 0 radical (unpaired) electrons. The van der Waals surface area contributed by atoms with E-state index in [2.05, 4.69) is 16.5 Å². The molecule has 2 aromatic heterocycles. The summed E-state index contributed by atoms with van der Waals surface area (Å²) >= 11 is 0. The highest BCUT2D eigenvalue weighted by atomic mass is 14.8. The number of rotatable bonds is 3. The van der Waals surface area contributed by atoms with Gasteiger partial charge in [-0.05, 0) is 24.1 Å². The van der Waals surface area contributed by atoms with Gasteiger partial charge in [-0.15, -0.1) is 6.58 Å². The highest BCUT2D eigenvalue weighted by Gasteiger charge is 2.09. The fraction of sp³-hybridized carbons (Fsp3) is 0.182. The maximum absolute atomic E-state index is 6.00. The number of pyridine rings is 1. The van der Waals surface area contributed by atoms with Crippen LogP contribution in [0.25, 0.3) is 11.0 Å². The Morgan fingerprint density at radius 2 is 2.50 bits per heavy atom. The quantitative estimate of drug-likeness (QED) is 0.723. The molecule has 0 fully saturated rings. The molecule has 0 aliphatic carbocycles. The normalized spacial score (nSPS) is 12.9. The first-order valence-corrected chi connectivity index (χ1v) is 4.61. The molecule has 3 nitrogen and oxygen atoms in total. The maximum atomic E-state index is 6.00. The lowest BCUT2D eigenvalue weighted by Gasteiger charge is -2.06. The third-order valence-corrected chi connectivity index (χ3v) is 2.30. The van der Waals surface area contributed by atoms with Gasteiger partial charge in [0.2, 0.25) is 0 Å². The Morgan fingerprint density at radius 3 is 3.29 bits per heavy atom. The number of hydrogen-bond donors (Lipinski definition) is 2. The highest BCUT2D eigenvalue weighted by Crippen LogP contribution is 2.22. The Bertz CT molecular complexity index is 444. The van der Waals surface area contributed by atoms with Gasteiger partial charge in [0.15, 0.2) is 0 Å².